The average molecular weight is 189 g/mol. The third kappa shape index (κ3) is 1.76. The molecule has 2 N–H and O–H groups in total. The quantitative estimate of drug-likeness (QED) is 0.751. The topological polar surface area (TPSA) is 66.0 Å². The largest absolute Gasteiger partial charge is 0.481 e. The van der Waals surface area contributed by atoms with Crippen LogP contribution in [-0.2, 0) is 17.6 Å². The minimum absolute atomic E-state index is 0.0709. The standard InChI is InChI=1S/C7H9ClN2O2/c1-2-5-4(3-6(11)12)7(8)10-9-5/h2-3H2,1H3,(H,9,10)(H,11,12). The van der Waals surface area contributed by atoms with Crippen molar-refractivity contribution >= 4 is 17.6 Å². The minimum atomic E-state index is -0.895. The molecular weight excluding hydrogens is 180 g/mol. The highest BCUT2D eigenvalue weighted by molar-refractivity contribution is 6.30. The molecule has 4 nitrogen and oxygen atoms in total. The van der Waals surface area contributed by atoms with Crippen LogP contribution in [0.15, 0.2) is 0 Å². The van der Waals surface area contributed by atoms with Crippen molar-refractivity contribution < 1.29 is 9.90 Å². The van der Waals surface area contributed by atoms with Gasteiger partial charge < -0.3 is 5.11 Å². The number of rotatable bonds is 3. The van der Waals surface area contributed by atoms with Gasteiger partial charge in [0, 0.05) is 11.3 Å². The number of aliphatic carboxylic acids is 1. The first-order valence-electron chi connectivity index (χ1n) is 3.58. The Bertz CT molecular complexity index is 296. The fraction of sp³-hybridized carbons (Fsp3) is 0.429. The molecule has 0 aliphatic heterocycles. The van der Waals surface area contributed by atoms with Gasteiger partial charge in [-0.3, -0.25) is 9.89 Å². The van der Waals surface area contributed by atoms with Crippen LogP contribution in [0.25, 0.3) is 0 Å². The molecule has 1 aromatic rings. The van der Waals surface area contributed by atoms with Crippen LogP contribution in [0.5, 0.6) is 0 Å². The number of nitrogens with zero attached hydrogens (tertiary/aromatic N) is 1. The molecule has 0 aliphatic rings. The molecule has 0 radical (unpaired) electrons. The van der Waals surface area contributed by atoms with Gasteiger partial charge in [-0.25, -0.2) is 0 Å². The van der Waals surface area contributed by atoms with Gasteiger partial charge in [0.1, 0.15) is 0 Å². The third-order valence-electron chi connectivity index (χ3n) is 1.58. The number of carbonyl (C=O) groups is 1. The maximum atomic E-state index is 10.4. The lowest BCUT2D eigenvalue weighted by molar-refractivity contribution is -0.136. The second-order valence-corrected chi connectivity index (χ2v) is 2.75. The van der Waals surface area contributed by atoms with Gasteiger partial charge in [-0.15, -0.1) is 0 Å². The first-order chi connectivity index (χ1) is 5.65. The summed E-state index contributed by atoms with van der Waals surface area (Å²) < 4.78 is 0. The number of halogens is 1. The van der Waals surface area contributed by atoms with Crippen LogP contribution in [0.3, 0.4) is 0 Å². The fourth-order valence-corrected chi connectivity index (χ4v) is 1.22. The zero-order valence-corrected chi connectivity index (χ0v) is 7.35. The molecule has 0 aliphatic carbocycles. The first-order valence-corrected chi connectivity index (χ1v) is 3.96. The highest BCUT2D eigenvalue weighted by Crippen LogP contribution is 2.17. The minimum Gasteiger partial charge on any atom is -0.481 e. The molecule has 0 bridgehead atoms. The summed E-state index contributed by atoms with van der Waals surface area (Å²) in [6.07, 6.45) is 0.640. The normalized spacial score (nSPS) is 10.2. The highest BCUT2D eigenvalue weighted by Gasteiger charge is 2.12. The molecule has 0 spiro atoms. The Morgan fingerprint density at radius 1 is 1.75 bits per heavy atom. The van der Waals surface area contributed by atoms with E-state index in [9.17, 15) is 4.79 Å². The molecule has 0 fully saturated rings. The van der Waals surface area contributed by atoms with E-state index in [1.807, 2.05) is 6.92 Å². The van der Waals surface area contributed by atoms with Gasteiger partial charge in [-0.2, -0.15) is 5.10 Å². The van der Waals surface area contributed by atoms with Crippen LogP contribution in [0.2, 0.25) is 5.15 Å². The molecule has 5 heteroatoms. The van der Waals surface area contributed by atoms with Gasteiger partial charge in [0.05, 0.1) is 6.42 Å². The second-order valence-electron chi connectivity index (χ2n) is 2.40. The molecule has 66 valence electrons. The molecule has 1 aromatic heterocycles. The van der Waals surface area contributed by atoms with Crippen LogP contribution >= 0.6 is 11.6 Å². The van der Waals surface area contributed by atoms with Crippen molar-refractivity contribution in [1.82, 2.24) is 10.2 Å². The van der Waals surface area contributed by atoms with E-state index in [1.165, 1.54) is 0 Å². The summed E-state index contributed by atoms with van der Waals surface area (Å²) in [5.41, 5.74) is 1.38. The van der Waals surface area contributed by atoms with Crippen LogP contribution in [0.1, 0.15) is 18.2 Å². The summed E-state index contributed by atoms with van der Waals surface area (Å²) in [6.45, 7) is 1.91. The summed E-state index contributed by atoms with van der Waals surface area (Å²) in [6, 6.07) is 0. The van der Waals surface area contributed by atoms with Gasteiger partial charge in [0.25, 0.3) is 0 Å². The van der Waals surface area contributed by atoms with Crippen molar-refractivity contribution in [3.63, 3.8) is 0 Å². The molecule has 0 unspecified atom stereocenters. The number of nitrogens with one attached hydrogen (secondary N) is 1. The van der Waals surface area contributed by atoms with Gasteiger partial charge >= 0.3 is 5.97 Å². The van der Waals surface area contributed by atoms with Crippen LogP contribution in [0.4, 0.5) is 0 Å². The summed E-state index contributed by atoms with van der Waals surface area (Å²) in [7, 11) is 0. The Morgan fingerprint density at radius 2 is 2.42 bits per heavy atom. The SMILES string of the molecule is CCc1[nH]nc(Cl)c1CC(=O)O. The number of aromatic amines is 1. The Hall–Kier alpha value is -1.03. The maximum absolute atomic E-state index is 10.4. The van der Waals surface area contributed by atoms with Crippen molar-refractivity contribution in [2.45, 2.75) is 19.8 Å². The fourth-order valence-electron chi connectivity index (χ4n) is 0.999. The molecule has 12 heavy (non-hydrogen) atoms. The van der Waals surface area contributed by atoms with Gasteiger partial charge in [0.2, 0.25) is 0 Å². The number of carboxylic acid groups (broad SMARTS) is 1. The van der Waals surface area contributed by atoms with E-state index < -0.39 is 5.97 Å². The van der Waals surface area contributed by atoms with E-state index in [4.69, 9.17) is 16.7 Å². The zero-order valence-electron chi connectivity index (χ0n) is 6.59. The first kappa shape index (κ1) is 9.06. The van der Waals surface area contributed by atoms with Gasteiger partial charge in [-0.1, -0.05) is 18.5 Å². The maximum Gasteiger partial charge on any atom is 0.308 e. The predicted molar refractivity (Wildman–Crippen MR) is 44.3 cm³/mol. The summed E-state index contributed by atoms with van der Waals surface area (Å²) in [5, 5.41) is 15.2. The van der Waals surface area contributed by atoms with Crippen molar-refractivity contribution in [1.29, 1.82) is 0 Å². The van der Waals surface area contributed by atoms with Crippen molar-refractivity contribution in [3.8, 4) is 0 Å². The molecule has 0 amide bonds. The lowest BCUT2D eigenvalue weighted by Crippen LogP contribution is -2.02. The smallest absolute Gasteiger partial charge is 0.308 e. The van der Waals surface area contributed by atoms with Gasteiger partial charge in [-0.05, 0) is 6.42 Å². The molecule has 0 saturated heterocycles. The number of hydrogen-bond donors (Lipinski definition) is 2. The van der Waals surface area contributed by atoms with E-state index in [0.29, 0.717) is 12.0 Å². The molecule has 1 rings (SSSR count). The van der Waals surface area contributed by atoms with Crippen molar-refractivity contribution in [2.75, 3.05) is 0 Å². The van der Waals surface area contributed by atoms with E-state index >= 15 is 0 Å². The number of aryl methyl sites for hydroxylation is 1. The third-order valence-corrected chi connectivity index (χ3v) is 1.90. The zero-order chi connectivity index (χ0) is 9.14. The summed E-state index contributed by atoms with van der Waals surface area (Å²) in [4.78, 5) is 10.4. The molecule has 1 heterocycles. The van der Waals surface area contributed by atoms with Gasteiger partial charge in [0.15, 0.2) is 5.15 Å². The van der Waals surface area contributed by atoms with E-state index in [2.05, 4.69) is 10.2 Å². The number of carboxylic acids is 1. The van der Waals surface area contributed by atoms with Crippen LogP contribution in [-0.4, -0.2) is 21.3 Å². The molecular formula is C7H9ClN2O2. The Kier molecular flexibility index (Phi) is 2.70. The van der Waals surface area contributed by atoms with Crippen molar-refractivity contribution in [3.05, 3.63) is 16.4 Å². The van der Waals surface area contributed by atoms with E-state index in [0.717, 1.165) is 5.69 Å². The molecule has 0 aromatic carbocycles. The second kappa shape index (κ2) is 3.58. The Morgan fingerprint density at radius 3 is 2.92 bits per heavy atom. The van der Waals surface area contributed by atoms with E-state index in [-0.39, 0.29) is 11.6 Å². The lowest BCUT2D eigenvalue weighted by atomic mass is 10.1. The Balaban J connectivity index is 2.94. The number of aromatic nitrogens is 2. The summed E-state index contributed by atoms with van der Waals surface area (Å²) in [5.74, 6) is -0.895. The number of H-pyrrole nitrogens is 1. The number of hydrogen-bond acceptors (Lipinski definition) is 2. The molecule has 0 saturated carbocycles. The summed E-state index contributed by atoms with van der Waals surface area (Å²) >= 11 is 5.66. The molecule has 0 atom stereocenters. The average Bonchev–Trinajstić information content (AvgIpc) is 2.32. The predicted octanol–water partition coefficient (Wildman–Crippen LogP) is 1.25. The van der Waals surface area contributed by atoms with Crippen LogP contribution in [0, 0.1) is 0 Å². The monoisotopic (exact) mass is 188 g/mol. The van der Waals surface area contributed by atoms with Crippen LogP contribution < -0.4 is 0 Å². The van der Waals surface area contributed by atoms with E-state index in [1.54, 1.807) is 0 Å². The lowest BCUT2D eigenvalue weighted by Gasteiger charge is -1.95. The van der Waals surface area contributed by atoms with Crippen molar-refractivity contribution in [2.24, 2.45) is 0 Å². The highest BCUT2D eigenvalue weighted by atomic mass is 35.5. The Labute approximate surface area is 74.5 Å².